The molecule has 0 radical (unpaired) electrons. The van der Waals surface area contributed by atoms with Crippen molar-refractivity contribution in [2.75, 3.05) is 13.2 Å². The topological polar surface area (TPSA) is 52.0 Å². The molecule has 1 fully saturated rings. The molecule has 1 atom stereocenters. The molecule has 0 spiro atoms. The predicted octanol–water partition coefficient (Wildman–Crippen LogP) is 0.864. The van der Waals surface area contributed by atoms with E-state index in [1.165, 1.54) is 19.3 Å². The van der Waals surface area contributed by atoms with E-state index in [1.807, 2.05) is 13.2 Å². The first-order chi connectivity index (χ1) is 7.84. The fraction of sp³-hybridized carbons (Fsp3) is 0.818. The van der Waals surface area contributed by atoms with Gasteiger partial charge < -0.3 is 10.1 Å². The van der Waals surface area contributed by atoms with Crippen LogP contribution in [0.5, 0.6) is 0 Å². The largest absolute Gasteiger partial charge is 0.375 e. The number of piperidine rings is 1. The molecule has 0 bridgehead atoms. The van der Waals surface area contributed by atoms with Crippen LogP contribution in [0, 0.1) is 0 Å². The van der Waals surface area contributed by atoms with Gasteiger partial charge in [0.15, 0.2) is 0 Å². The molecule has 0 amide bonds. The maximum atomic E-state index is 5.58. The molecular weight excluding hydrogens is 204 g/mol. The number of aromatic nitrogens is 3. The Balaban J connectivity index is 1.57. The van der Waals surface area contributed by atoms with Crippen LogP contribution in [-0.4, -0.2) is 34.2 Å². The summed E-state index contributed by atoms with van der Waals surface area (Å²) in [5, 5.41) is 11.3. The Bertz CT molecular complexity index is 307. The van der Waals surface area contributed by atoms with Gasteiger partial charge in [-0.3, -0.25) is 4.68 Å². The SMILES string of the molecule is Cn1cc(COCCC2CCCCN2)nn1. The van der Waals surface area contributed by atoms with E-state index in [0.717, 1.165) is 25.3 Å². The second-order valence-corrected chi connectivity index (χ2v) is 4.37. The Hall–Kier alpha value is -0.940. The number of hydrogen-bond acceptors (Lipinski definition) is 4. The molecule has 0 saturated carbocycles. The molecule has 0 aliphatic carbocycles. The zero-order valence-corrected chi connectivity index (χ0v) is 9.85. The quantitative estimate of drug-likeness (QED) is 0.754. The van der Waals surface area contributed by atoms with Crippen LogP contribution >= 0.6 is 0 Å². The minimum absolute atomic E-state index is 0.570. The van der Waals surface area contributed by atoms with Gasteiger partial charge in [0.1, 0.15) is 5.69 Å². The monoisotopic (exact) mass is 224 g/mol. The van der Waals surface area contributed by atoms with Gasteiger partial charge in [-0.15, -0.1) is 5.10 Å². The first-order valence-corrected chi connectivity index (χ1v) is 6.01. The van der Waals surface area contributed by atoms with Crippen LogP contribution < -0.4 is 5.32 Å². The zero-order valence-electron chi connectivity index (χ0n) is 9.85. The molecule has 1 N–H and O–H groups in total. The fourth-order valence-electron chi connectivity index (χ4n) is 2.03. The number of nitrogens with zero attached hydrogens (tertiary/aromatic N) is 3. The van der Waals surface area contributed by atoms with Crippen LogP contribution in [0.2, 0.25) is 0 Å². The smallest absolute Gasteiger partial charge is 0.108 e. The van der Waals surface area contributed by atoms with Crippen molar-refractivity contribution in [3.63, 3.8) is 0 Å². The van der Waals surface area contributed by atoms with Crippen molar-refractivity contribution in [1.29, 1.82) is 0 Å². The van der Waals surface area contributed by atoms with Crippen LogP contribution in [0.4, 0.5) is 0 Å². The number of nitrogens with one attached hydrogen (secondary N) is 1. The average molecular weight is 224 g/mol. The van der Waals surface area contributed by atoms with Crippen molar-refractivity contribution < 1.29 is 4.74 Å². The van der Waals surface area contributed by atoms with Gasteiger partial charge in [0, 0.05) is 19.7 Å². The van der Waals surface area contributed by atoms with E-state index in [9.17, 15) is 0 Å². The molecular formula is C11H20N4O. The summed E-state index contributed by atoms with van der Waals surface area (Å²) in [4.78, 5) is 0. The number of aryl methyl sites for hydroxylation is 1. The molecule has 16 heavy (non-hydrogen) atoms. The van der Waals surface area contributed by atoms with Gasteiger partial charge in [-0.2, -0.15) is 0 Å². The van der Waals surface area contributed by atoms with Gasteiger partial charge in [0.05, 0.1) is 12.8 Å². The maximum Gasteiger partial charge on any atom is 0.108 e. The molecule has 1 aliphatic rings. The molecule has 2 rings (SSSR count). The Morgan fingerprint density at radius 3 is 3.19 bits per heavy atom. The molecule has 1 aliphatic heterocycles. The van der Waals surface area contributed by atoms with Crippen LogP contribution in [-0.2, 0) is 18.4 Å². The normalized spacial score (nSPS) is 21.2. The lowest BCUT2D eigenvalue weighted by Crippen LogP contribution is -2.34. The van der Waals surface area contributed by atoms with Crippen LogP contribution in [0.25, 0.3) is 0 Å². The van der Waals surface area contributed by atoms with Crippen molar-refractivity contribution in [2.24, 2.45) is 7.05 Å². The Morgan fingerprint density at radius 1 is 1.56 bits per heavy atom. The highest BCUT2D eigenvalue weighted by atomic mass is 16.5. The predicted molar refractivity (Wildman–Crippen MR) is 60.9 cm³/mol. The Kier molecular flexibility index (Phi) is 4.30. The van der Waals surface area contributed by atoms with Crippen molar-refractivity contribution in [3.8, 4) is 0 Å². The fourth-order valence-corrected chi connectivity index (χ4v) is 2.03. The molecule has 2 heterocycles. The van der Waals surface area contributed by atoms with E-state index in [0.29, 0.717) is 12.6 Å². The third-order valence-corrected chi connectivity index (χ3v) is 2.92. The molecule has 5 heteroatoms. The molecule has 1 aromatic heterocycles. The van der Waals surface area contributed by atoms with Crippen molar-refractivity contribution in [2.45, 2.75) is 38.3 Å². The second kappa shape index (κ2) is 5.96. The van der Waals surface area contributed by atoms with Gasteiger partial charge >= 0.3 is 0 Å². The standard InChI is InChI=1S/C11H20N4O/c1-15-8-11(13-14-15)9-16-7-5-10-4-2-3-6-12-10/h8,10,12H,2-7,9H2,1H3. The van der Waals surface area contributed by atoms with E-state index in [-0.39, 0.29) is 0 Å². The molecule has 1 saturated heterocycles. The number of hydrogen-bond donors (Lipinski definition) is 1. The van der Waals surface area contributed by atoms with Crippen molar-refractivity contribution in [1.82, 2.24) is 20.3 Å². The first-order valence-electron chi connectivity index (χ1n) is 6.01. The number of ether oxygens (including phenoxy) is 1. The summed E-state index contributed by atoms with van der Waals surface area (Å²) < 4.78 is 7.28. The lowest BCUT2D eigenvalue weighted by molar-refractivity contribution is 0.106. The van der Waals surface area contributed by atoms with E-state index < -0.39 is 0 Å². The van der Waals surface area contributed by atoms with Crippen LogP contribution in [0.15, 0.2) is 6.20 Å². The first kappa shape index (κ1) is 11.5. The minimum Gasteiger partial charge on any atom is -0.375 e. The summed E-state index contributed by atoms with van der Waals surface area (Å²) in [5.74, 6) is 0. The van der Waals surface area contributed by atoms with Crippen molar-refractivity contribution in [3.05, 3.63) is 11.9 Å². The highest BCUT2D eigenvalue weighted by molar-refractivity contribution is 4.88. The molecule has 90 valence electrons. The summed E-state index contributed by atoms with van der Waals surface area (Å²) >= 11 is 0. The summed E-state index contributed by atoms with van der Waals surface area (Å²) in [7, 11) is 1.86. The molecule has 5 nitrogen and oxygen atoms in total. The Morgan fingerprint density at radius 2 is 2.50 bits per heavy atom. The van der Waals surface area contributed by atoms with Crippen LogP contribution in [0.3, 0.4) is 0 Å². The summed E-state index contributed by atoms with van der Waals surface area (Å²) in [6.07, 6.45) is 6.94. The van der Waals surface area contributed by atoms with E-state index in [2.05, 4.69) is 15.6 Å². The summed E-state index contributed by atoms with van der Waals surface area (Å²) in [5.41, 5.74) is 0.902. The summed E-state index contributed by atoms with van der Waals surface area (Å²) in [6, 6.07) is 0.649. The zero-order chi connectivity index (χ0) is 11.2. The third kappa shape index (κ3) is 3.57. The van der Waals surface area contributed by atoms with Gasteiger partial charge in [-0.1, -0.05) is 11.6 Å². The lowest BCUT2D eigenvalue weighted by atomic mass is 10.0. The van der Waals surface area contributed by atoms with E-state index in [1.54, 1.807) is 4.68 Å². The molecule has 0 aromatic carbocycles. The maximum absolute atomic E-state index is 5.58. The molecule has 1 aromatic rings. The van der Waals surface area contributed by atoms with E-state index >= 15 is 0 Å². The minimum atomic E-state index is 0.570. The lowest BCUT2D eigenvalue weighted by Gasteiger charge is -2.23. The Labute approximate surface area is 96.2 Å². The van der Waals surface area contributed by atoms with Crippen LogP contribution in [0.1, 0.15) is 31.4 Å². The van der Waals surface area contributed by atoms with Gasteiger partial charge in [0.2, 0.25) is 0 Å². The number of rotatable bonds is 5. The van der Waals surface area contributed by atoms with Crippen molar-refractivity contribution >= 4 is 0 Å². The summed E-state index contributed by atoms with van der Waals surface area (Å²) in [6.45, 7) is 2.53. The highest BCUT2D eigenvalue weighted by Gasteiger charge is 2.11. The van der Waals surface area contributed by atoms with Gasteiger partial charge in [-0.05, 0) is 25.8 Å². The van der Waals surface area contributed by atoms with Gasteiger partial charge in [0.25, 0.3) is 0 Å². The average Bonchev–Trinajstić information content (AvgIpc) is 2.72. The second-order valence-electron chi connectivity index (χ2n) is 4.37. The highest BCUT2D eigenvalue weighted by Crippen LogP contribution is 2.10. The third-order valence-electron chi connectivity index (χ3n) is 2.92. The van der Waals surface area contributed by atoms with Gasteiger partial charge in [-0.25, -0.2) is 0 Å². The molecule has 1 unspecified atom stereocenters. The van der Waals surface area contributed by atoms with E-state index in [4.69, 9.17) is 4.74 Å².